The van der Waals surface area contributed by atoms with E-state index in [1.54, 1.807) is 52.1 Å². The monoisotopic (exact) mass is 521 g/mol. The molecule has 5 aromatic rings. The molecule has 3 aromatic carbocycles. The van der Waals surface area contributed by atoms with Crippen molar-refractivity contribution in [2.24, 2.45) is 0 Å². The van der Waals surface area contributed by atoms with E-state index in [4.69, 9.17) is 19.2 Å². The van der Waals surface area contributed by atoms with E-state index in [0.29, 0.717) is 50.7 Å². The SMILES string of the molecule is C=C(NNC(=O)c1cc(-c2cc(OC)c(OC)c(OC)c2)nc2ccccc12)c1ccc(-n2ccnc2)cc1. The van der Waals surface area contributed by atoms with Crippen molar-refractivity contribution < 1.29 is 19.0 Å². The van der Waals surface area contributed by atoms with Crippen LogP contribution in [0.3, 0.4) is 0 Å². The summed E-state index contributed by atoms with van der Waals surface area (Å²) in [6, 6.07) is 20.5. The molecule has 2 aromatic heterocycles. The van der Waals surface area contributed by atoms with E-state index >= 15 is 0 Å². The number of hydrazine groups is 1. The Kier molecular flexibility index (Phi) is 7.13. The van der Waals surface area contributed by atoms with Crippen LogP contribution >= 0.6 is 0 Å². The van der Waals surface area contributed by atoms with E-state index in [1.807, 2.05) is 59.3 Å². The summed E-state index contributed by atoms with van der Waals surface area (Å²) in [5, 5.41) is 0.711. The third kappa shape index (κ3) is 5.10. The van der Waals surface area contributed by atoms with Gasteiger partial charge in [-0.2, -0.15) is 0 Å². The van der Waals surface area contributed by atoms with E-state index in [0.717, 1.165) is 11.3 Å². The second-order valence-electron chi connectivity index (χ2n) is 8.56. The summed E-state index contributed by atoms with van der Waals surface area (Å²) < 4.78 is 18.4. The van der Waals surface area contributed by atoms with Gasteiger partial charge in [0.1, 0.15) is 0 Å². The van der Waals surface area contributed by atoms with Crippen LogP contribution in [-0.2, 0) is 0 Å². The van der Waals surface area contributed by atoms with Gasteiger partial charge in [-0.25, -0.2) is 9.97 Å². The standard InChI is InChI=1S/C30H27N5O4/c1-19(20-9-11-22(12-10-20)35-14-13-31-18-35)33-34-30(36)24-17-26(32-25-8-6-5-7-23(24)25)21-15-27(37-2)29(39-4)28(16-21)38-3/h5-18,33H,1H2,2-4H3,(H,34,36). The summed E-state index contributed by atoms with van der Waals surface area (Å²) in [6.07, 6.45) is 5.32. The second-order valence-corrected chi connectivity index (χ2v) is 8.56. The number of pyridine rings is 1. The van der Waals surface area contributed by atoms with Crippen LogP contribution in [0, 0.1) is 0 Å². The van der Waals surface area contributed by atoms with Crippen molar-refractivity contribution in [1.82, 2.24) is 25.4 Å². The van der Waals surface area contributed by atoms with E-state index in [2.05, 4.69) is 22.4 Å². The molecule has 2 heterocycles. The molecule has 196 valence electrons. The van der Waals surface area contributed by atoms with Crippen molar-refractivity contribution >= 4 is 22.5 Å². The van der Waals surface area contributed by atoms with E-state index in [-0.39, 0.29) is 5.91 Å². The van der Waals surface area contributed by atoms with Gasteiger partial charge in [-0.1, -0.05) is 36.9 Å². The Balaban J connectivity index is 1.42. The lowest BCUT2D eigenvalue weighted by atomic mass is 10.0. The number of methoxy groups -OCH3 is 3. The number of para-hydroxylation sites is 1. The number of fused-ring (bicyclic) bond motifs is 1. The summed E-state index contributed by atoms with van der Waals surface area (Å²) in [6.45, 7) is 4.07. The first-order valence-electron chi connectivity index (χ1n) is 12.1. The number of benzene rings is 3. The number of aromatic nitrogens is 3. The highest BCUT2D eigenvalue weighted by atomic mass is 16.5. The van der Waals surface area contributed by atoms with E-state index in [9.17, 15) is 4.79 Å². The lowest BCUT2D eigenvalue weighted by Crippen LogP contribution is -2.36. The van der Waals surface area contributed by atoms with Gasteiger partial charge in [0.15, 0.2) is 11.5 Å². The molecule has 2 N–H and O–H groups in total. The molecule has 0 bridgehead atoms. The zero-order valence-electron chi connectivity index (χ0n) is 21.8. The number of amides is 1. The number of hydrogen-bond donors (Lipinski definition) is 2. The molecule has 0 aliphatic carbocycles. The minimum absolute atomic E-state index is 0.335. The van der Waals surface area contributed by atoms with Crippen molar-refractivity contribution in [3.8, 4) is 34.2 Å². The van der Waals surface area contributed by atoms with Gasteiger partial charge in [-0.05, 0) is 42.0 Å². The second kappa shape index (κ2) is 11.0. The first kappa shape index (κ1) is 25.3. The van der Waals surface area contributed by atoms with Gasteiger partial charge in [0.05, 0.1) is 50.1 Å². The fourth-order valence-electron chi connectivity index (χ4n) is 4.26. The van der Waals surface area contributed by atoms with Crippen LogP contribution in [0.5, 0.6) is 17.2 Å². The Bertz CT molecular complexity index is 1620. The molecule has 5 rings (SSSR count). The Labute approximate surface area is 225 Å². The molecule has 0 saturated heterocycles. The molecule has 39 heavy (non-hydrogen) atoms. The first-order valence-corrected chi connectivity index (χ1v) is 12.1. The highest BCUT2D eigenvalue weighted by Gasteiger charge is 2.18. The third-order valence-corrected chi connectivity index (χ3v) is 6.27. The Morgan fingerprint density at radius 1 is 0.897 bits per heavy atom. The predicted molar refractivity (Wildman–Crippen MR) is 150 cm³/mol. The minimum atomic E-state index is -0.335. The molecular formula is C30H27N5O4. The molecule has 9 nitrogen and oxygen atoms in total. The van der Waals surface area contributed by atoms with E-state index in [1.165, 1.54) is 0 Å². The summed E-state index contributed by atoms with van der Waals surface area (Å²) in [5.41, 5.74) is 10.5. The third-order valence-electron chi connectivity index (χ3n) is 6.27. The summed E-state index contributed by atoms with van der Waals surface area (Å²) in [4.78, 5) is 22.3. The zero-order chi connectivity index (χ0) is 27.4. The number of rotatable bonds is 9. The minimum Gasteiger partial charge on any atom is -0.493 e. The number of hydrogen-bond acceptors (Lipinski definition) is 7. The maximum Gasteiger partial charge on any atom is 0.270 e. The zero-order valence-corrected chi connectivity index (χ0v) is 21.8. The fraction of sp³-hybridized carbons (Fsp3) is 0.100. The van der Waals surface area contributed by atoms with Gasteiger partial charge < -0.3 is 18.8 Å². The van der Waals surface area contributed by atoms with E-state index < -0.39 is 0 Å². The van der Waals surface area contributed by atoms with Gasteiger partial charge in [-0.15, -0.1) is 0 Å². The molecule has 1 amide bonds. The van der Waals surface area contributed by atoms with Crippen LogP contribution in [0.25, 0.3) is 33.5 Å². The van der Waals surface area contributed by atoms with Crippen molar-refractivity contribution in [2.75, 3.05) is 21.3 Å². The molecule has 0 fully saturated rings. The quantitative estimate of drug-likeness (QED) is 0.263. The maximum absolute atomic E-state index is 13.4. The van der Waals surface area contributed by atoms with Crippen molar-refractivity contribution in [3.63, 3.8) is 0 Å². The largest absolute Gasteiger partial charge is 0.493 e. The molecule has 0 aliphatic heterocycles. The van der Waals surface area contributed by atoms with Crippen LogP contribution in [0.1, 0.15) is 15.9 Å². The lowest BCUT2D eigenvalue weighted by Gasteiger charge is -2.16. The van der Waals surface area contributed by atoms with Crippen LogP contribution in [-0.4, -0.2) is 41.8 Å². The first-order chi connectivity index (χ1) is 19.0. The number of nitrogens with one attached hydrogen (secondary N) is 2. The van der Waals surface area contributed by atoms with Crippen molar-refractivity contribution in [2.45, 2.75) is 0 Å². The Morgan fingerprint density at radius 2 is 1.62 bits per heavy atom. The number of carbonyl (C=O) groups excluding carboxylic acids is 1. The number of ether oxygens (including phenoxy) is 3. The maximum atomic E-state index is 13.4. The smallest absolute Gasteiger partial charge is 0.270 e. The normalized spacial score (nSPS) is 10.6. The summed E-state index contributed by atoms with van der Waals surface area (Å²) >= 11 is 0. The fourth-order valence-corrected chi connectivity index (χ4v) is 4.26. The summed E-state index contributed by atoms with van der Waals surface area (Å²) in [5.74, 6) is 1.12. The predicted octanol–water partition coefficient (Wildman–Crippen LogP) is 5.02. The van der Waals surface area contributed by atoms with Crippen molar-refractivity contribution in [3.05, 3.63) is 103 Å². The Morgan fingerprint density at radius 3 is 2.26 bits per heavy atom. The molecule has 0 atom stereocenters. The molecule has 0 spiro atoms. The highest BCUT2D eigenvalue weighted by molar-refractivity contribution is 6.07. The van der Waals surface area contributed by atoms with Gasteiger partial charge in [0, 0.05) is 29.0 Å². The number of nitrogens with zero attached hydrogens (tertiary/aromatic N) is 3. The molecule has 0 radical (unpaired) electrons. The van der Waals surface area contributed by atoms with Gasteiger partial charge in [-0.3, -0.25) is 15.6 Å². The van der Waals surface area contributed by atoms with Gasteiger partial charge >= 0.3 is 0 Å². The molecular weight excluding hydrogens is 494 g/mol. The molecule has 0 saturated carbocycles. The van der Waals surface area contributed by atoms with Gasteiger partial charge in [0.2, 0.25) is 5.75 Å². The number of carbonyl (C=O) groups is 1. The van der Waals surface area contributed by atoms with Crippen LogP contribution in [0.2, 0.25) is 0 Å². The average molecular weight is 522 g/mol. The topological polar surface area (TPSA) is 99.5 Å². The van der Waals surface area contributed by atoms with Crippen LogP contribution in [0.15, 0.2) is 92.0 Å². The van der Waals surface area contributed by atoms with Crippen molar-refractivity contribution in [1.29, 1.82) is 0 Å². The lowest BCUT2D eigenvalue weighted by molar-refractivity contribution is 0.0944. The van der Waals surface area contributed by atoms with Crippen LogP contribution in [0.4, 0.5) is 0 Å². The summed E-state index contributed by atoms with van der Waals surface area (Å²) in [7, 11) is 4.65. The Hall–Kier alpha value is -5.31. The molecule has 0 unspecified atom stereocenters. The highest BCUT2D eigenvalue weighted by Crippen LogP contribution is 2.41. The molecule has 0 aliphatic rings. The van der Waals surface area contributed by atoms with Crippen LogP contribution < -0.4 is 25.1 Å². The van der Waals surface area contributed by atoms with Gasteiger partial charge in [0.25, 0.3) is 5.91 Å². The number of imidazole rings is 1. The average Bonchev–Trinajstić information content (AvgIpc) is 3.53. The molecule has 9 heteroatoms.